The minimum absolute atomic E-state index is 0.297. The molecule has 2 aliphatic rings. The molecule has 0 fully saturated rings. The number of imide groups is 1. The summed E-state index contributed by atoms with van der Waals surface area (Å²) in [6, 6.07) is 43.2. The summed E-state index contributed by atoms with van der Waals surface area (Å²) in [4.78, 5) is 30.3. The Morgan fingerprint density at radius 1 is 0.463 bits per heavy atom. The van der Waals surface area contributed by atoms with E-state index in [9.17, 15) is 9.59 Å². The third-order valence-corrected chi connectivity index (χ3v) is 7.75. The molecule has 194 valence electrons. The van der Waals surface area contributed by atoms with Crippen LogP contribution in [0, 0.1) is 0 Å². The summed E-state index contributed by atoms with van der Waals surface area (Å²) < 4.78 is 6.17. The van der Waals surface area contributed by atoms with Gasteiger partial charge in [0, 0.05) is 5.69 Å². The van der Waals surface area contributed by atoms with E-state index in [2.05, 4.69) is 47.4 Å². The Morgan fingerprint density at radius 2 is 1.10 bits per heavy atom. The number of benzene rings is 6. The van der Waals surface area contributed by atoms with Gasteiger partial charge < -0.3 is 9.64 Å². The molecular weight excluding hydrogens is 508 g/mol. The van der Waals surface area contributed by atoms with E-state index >= 15 is 0 Å². The standard InChI is InChI=1S/C36H22N2O3/c39-35-29-12-8-11-28(34(29)36(40)38(35)26-9-2-1-3-10-26)25-18-17-24-22-27(20-19-23(24)21-25)37-30-13-4-6-15-32(30)41-33-16-7-5-14-31(33)37/h1-22H. The molecule has 2 amide bonds. The Morgan fingerprint density at radius 3 is 1.85 bits per heavy atom. The Hall–Kier alpha value is -5.68. The van der Waals surface area contributed by atoms with Crippen LogP contribution in [0.1, 0.15) is 20.7 Å². The lowest BCUT2D eigenvalue weighted by Gasteiger charge is -2.32. The lowest BCUT2D eigenvalue weighted by atomic mass is 9.94. The molecule has 0 atom stereocenters. The first kappa shape index (κ1) is 23.2. The maximum Gasteiger partial charge on any atom is 0.266 e. The first-order valence-corrected chi connectivity index (χ1v) is 13.4. The molecule has 6 aromatic rings. The van der Waals surface area contributed by atoms with Crippen molar-refractivity contribution in [1.82, 2.24) is 0 Å². The van der Waals surface area contributed by atoms with E-state index in [1.807, 2.05) is 72.8 Å². The Labute approximate surface area is 236 Å². The van der Waals surface area contributed by atoms with Gasteiger partial charge >= 0.3 is 0 Å². The molecule has 8 rings (SSSR count). The van der Waals surface area contributed by atoms with Gasteiger partial charge in [-0.1, -0.05) is 72.8 Å². The Kier molecular flexibility index (Phi) is 5.06. The van der Waals surface area contributed by atoms with E-state index in [-0.39, 0.29) is 11.8 Å². The van der Waals surface area contributed by atoms with Crippen LogP contribution in [0.15, 0.2) is 133 Å². The van der Waals surface area contributed by atoms with Crippen molar-refractivity contribution in [2.45, 2.75) is 0 Å². The Balaban J connectivity index is 1.21. The van der Waals surface area contributed by atoms with Gasteiger partial charge in [-0.2, -0.15) is 0 Å². The number of hydrogen-bond donors (Lipinski definition) is 0. The van der Waals surface area contributed by atoms with E-state index in [0.29, 0.717) is 16.8 Å². The van der Waals surface area contributed by atoms with Gasteiger partial charge in [0.1, 0.15) is 0 Å². The van der Waals surface area contributed by atoms with E-state index in [1.165, 1.54) is 4.90 Å². The quantitative estimate of drug-likeness (QED) is 0.214. The van der Waals surface area contributed by atoms with Crippen molar-refractivity contribution >= 4 is 45.3 Å². The van der Waals surface area contributed by atoms with Crippen LogP contribution in [0.4, 0.5) is 22.7 Å². The third kappa shape index (κ3) is 3.56. The van der Waals surface area contributed by atoms with Crippen LogP contribution >= 0.6 is 0 Å². The molecule has 0 saturated carbocycles. The summed E-state index contributed by atoms with van der Waals surface area (Å²) in [5, 5.41) is 2.10. The second-order valence-corrected chi connectivity index (χ2v) is 10.1. The lowest BCUT2D eigenvalue weighted by molar-refractivity contribution is 0.0926. The van der Waals surface area contributed by atoms with Crippen LogP contribution < -0.4 is 14.5 Å². The minimum Gasteiger partial charge on any atom is -0.453 e. The van der Waals surface area contributed by atoms with Crippen molar-refractivity contribution in [3.63, 3.8) is 0 Å². The van der Waals surface area contributed by atoms with Crippen molar-refractivity contribution in [1.29, 1.82) is 0 Å². The molecule has 0 N–H and O–H groups in total. The summed E-state index contributed by atoms with van der Waals surface area (Å²) >= 11 is 0. The second-order valence-electron chi connectivity index (χ2n) is 10.1. The summed E-state index contributed by atoms with van der Waals surface area (Å²) in [6.07, 6.45) is 0. The van der Waals surface area contributed by atoms with Crippen molar-refractivity contribution in [2.24, 2.45) is 0 Å². The highest BCUT2D eigenvalue weighted by Crippen LogP contribution is 2.50. The number of hydrogen-bond acceptors (Lipinski definition) is 4. The molecule has 0 saturated heterocycles. The lowest BCUT2D eigenvalue weighted by Crippen LogP contribution is -2.29. The molecule has 0 aromatic heterocycles. The van der Waals surface area contributed by atoms with Crippen molar-refractivity contribution in [3.05, 3.63) is 145 Å². The topological polar surface area (TPSA) is 49.9 Å². The molecule has 0 spiro atoms. The van der Waals surface area contributed by atoms with Crippen LogP contribution in [0.5, 0.6) is 11.5 Å². The summed E-state index contributed by atoms with van der Waals surface area (Å²) in [5.41, 5.74) is 6.06. The molecule has 41 heavy (non-hydrogen) atoms. The fourth-order valence-corrected chi connectivity index (χ4v) is 5.86. The first-order chi connectivity index (χ1) is 20.2. The summed E-state index contributed by atoms with van der Waals surface area (Å²) in [6.45, 7) is 0. The van der Waals surface area contributed by atoms with Crippen LogP contribution in [0.25, 0.3) is 21.9 Å². The van der Waals surface area contributed by atoms with Gasteiger partial charge in [-0.15, -0.1) is 0 Å². The molecular formula is C36H22N2O3. The largest absolute Gasteiger partial charge is 0.453 e. The smallest absolute Gasteiger partial charge is 0.266 e. The zero-order valence-electron chi connectivity index (χ0n) is 21.8. The van der Waals surface area contributed by atoms with Gasteiger partial charge in [0.2, 0.25) is 0 Å². The number of carbonyl (C=O) groups excluding carboxylic acids is 2. The van der Waals surface area contributed by atoms with Gasteiger partial charge in [-0.05, 0) is 82.6 Å². The number of fused-ring (bicyclic) bond motifs is 4. The van der Waals surface area contributed by atoms with Crippen LogP contribution in [0.3, 0.4) is 0 Å². The number of rotatable bonds is 3. The third-order valence-electron chi connectivity index (χ3n) is 7.75. The summed E-state index contributed by atoms with van der Waals surface area (Å²) in [7, 11) is 0. The zero-order valence-corrected chi connectivity index (χ0v) is 21.8. The molecule has 2 heterocycles. The molecule has 5 nitrogen and oxygen atoms in total. The SMILES string of the molecule is O=C1c2cccc(-c3ccc4cc(N5c6ccccc6Oc6ccccc65)ccc4c3)c2C(=O)N1c1ccccc1. The van der Waals surface area contributed by atoms with Crippen molar-refractivity contribution in [3.8, 4) is 22.6 Å². The van der Waals surface area contributed by atoms with Crippen molar-refractivity contribution in [2.75, 3.05) is 9.80 Å². The number of carbonyl (C=O) groups is 2. The van der Waals surface area contributed by atoms with E-state index in [0.717, 1.165) is 50.5 Å². The number of amides is 2. The maximum atomic E-state index is 13.6. The fraction of sp³-hybridized carbons (Fsp3) is 0. The normalized spacial score (nSPS) is 13.6. The zero-order chi connectivity index (χ0) is 27.5. The van der Waals surface area contributed by atoms with E-state index in [4.69, 9.17) is 4.74 Å². The van der Waals surface area contributed by atoms with Crippen molar-refractivity contribution < 1.29 is 14.3 Å². The number of nitrogens with zero attached hydrogens (tertiary/aromatic N) is 2. The van der Waals surface area contributed by atoms with Gasteiger partial charge in [-0.25, -0.2) is 4.90 Å². The predicted molar refractivity (Wildman–Crippen MR) is 162 cm³/mol. The maximum absolute atomic E-state index is 13.6. The second kappa shape index (κ2) is 8.93. The molecule has 0 aliphatic carbocycles. The van der Waals surface area contributed by atoms with Crippen LogP contribution in [0.2, 0.25) is 0 Å². The fourth-order valence-electron chi connectivity index (χ4n) is 5.86. The molecule has 5 heteroatoms. The average Bonchev–Trinajstić information content (AvgIpc) is 3.29. The predicted octanol–water partition coefficient (Wildman–Crippen LogP) is 8.88. The van der Waals surface area contributed by atoms with Crippen LogP contribution in [-0.2, 0) is 0 Å². The number of para-hydroxylation sites is 5. The first-order valence-electron chi connectivity index (χ1n) is 13.4. The molecule has 0 radical (unpaired) electrons. The number of anilines is 4. The average molecular weight is 531 g/mol. The molecule has 2 aliphatic heterocycles. The van der Waals surface area contributed by atoms with Crippen LogP contribution in [-0.4, -0.2) is 11.8 Å². The van der Waals surface area contributed by atoms with Gasteiger partial charge in [-0.3, -0.25) is 9.59 Å². The highest BCUT2D eigenvalue weighted by Gasteiger charge is 2.38. The number of ether oxygens (including phenoxy) is 1. The minimum atomic E-state index is -0.299. The van der Waals surface area contributed by atoms with E-state index in [1.54, 1.807) is 18.2 Å². The van der Waals surface area contributed by atoms with Gasteiger partial charge in [0.05, 0.1) is 28.2 Å². The van der Waals surface area contributed by atoms with Gasteiger partial charge in [0.15, 0.2) is 11.5 Å². The highest BCUT2D eigenvalue weighted by atomic mass is 16.5. The Bertz CT molecular complexity index is 1990. The van der Waals surface area contributed by atoms with Gasteiger partial charge in [0.25, 0.3) is 11.8 Å². The highest BCUT2D eigenvalue weighted by molar-refractivity contribution is 6.36. The monoisotopic (exact) mass is 530 g/mol. The van der Waals surface area contributed by atoms with E-state index < -0.39 is 0 Å². The molecule has 0 bridgehead atoms. The summed E-state index contributed by atoms with van der Waals surface area (Å²) in [5.74, 6) is 1.02. The molecule has 6 aromatic carbocycles. The molecule has 0 unspecified atom stereocenters.